The van der Waals surface area contributed by atoms with Crippen LogP contribution in [0.5, 0.6) is 0 Å². The molecule has 0 saturated carbocycles. The lowest BCUT2D eigenvalue weighted by molar-refractivity contribution is -0.161. The summed E-state index contributed by atoms with van der Waals surface area (Å²) < 4.78 is 61.0. The Hall–Kier alpha value is -5.35. The zero-order valence-corrected chi connectivity index (χ0v) is 64.0. The lowest BCUT2D eigenvalue weighted by atomic mass is 10.1. The molecule has 0 bridgehead atoms. The first-order chi connectivity index (χ1) is 49.2. The summed E-state index contributed by atoms with van der Waals surface area (Å²) in [6.45, 7) is 2.30. The van der Waals surface area contributed by atoms with Gasteiger partial charge in [-0.2, -0.15) is 0 Å². The zero-order chi connectivity index (χ0) is 73.7. The summed E-state index contributed by atoms with van der Waals surface area (Å²) >= 11 is 0. The molecule has 5 atom stereocenters. The number of esters is 3. The van der Waals surface area contributed by atoms with E-state index in [1.807, 2.05) is 0 Å². The highest BCUT2D eigenvalue weighted by Crippen LogP contribution is 2.45. The number of unbranched alkanes of at least 4 members (excludes halogenated alkanes) is 17. The van der Waals surface area contributed by atoms with Crippen LogP contribution in [0, 0.1) is 0 Å². The van der Waals surface area contributed by atoms with Gasteiger partial charge in [0.1, 0.15) is 25.4 Å². The number of hydrogen-bond acceptors (Lipinski definition) is 14. The molecule has 0 amide bonds. The standard InChI is InChI=1S/C83H134O16P2/c1-4-7-10-13-16-19-22-25-28-31-34-36-37-38-39-41-44-45-48-51-54-57-60-63-66-69-81(86)93-72-78(84)73-95-100(89,90)96-74-79(85)75-97-101(91,92)98-77-80(99-83(88)71-68-65-62-59-56-53-50-47-42-33-30-27-24-21-18-15-12-9-6-3)76-94-82(87)70-67-64-61-58-55-52-49-46-43-40-35-32-29-26-23-20-17-14-11-8-5-2/h8-9,11-12,16-21,25-30,34-36,38-40,42,46-47,49,53,55-56,58,78-80,84-85H,4-7,10,13-15,22-24,31-33,37,41,43-45,48,50-52,54,57,59-77H2,1-3H3,(H,89,90)(H,91,92)/b11-8-,12-9-,19-16-,20-17-,21-18-,28-25-,29-26-,30-27-,36-34-,39-38-,40-35-,47-42-,49-46-,56-53-,58-55-. The van der Waals surface area contributed by atoms with Crippen LogP contribution >= 0.6 is 15.6 Å². The van der Waals surface area contributed by atoms with Crippen molar-refractivity contribution in [1.29, 1.82) is 0 Å². The maximum atomic E-state index is 13.0. The summed E-state index contributed by atoms with van der Waals surface area (Å²) in [7, 11) is -9.83. The predicted molar refractivity (Wildman–Crippen MR) is 417 cm³/mol. The van der Waals surface area contributed by atoms with Crippen LogP contribution in [-0.4, -0.2) is 95.9 Å². The molecule has 0 aromatic rings. The van der Waals surface area contributed by atoms with Crippen LogP contribution in [0.1, 0.15) is 265 Å². The lowest BCUT2D eigenvalue weighted by Gasteiger charge is -2.21. The van der Waals surface area contributed by atoms with E-state index in [-0.39, 0.29) is 19.3 Å². The van der Waals surface area contributed by atoms with E-state index in [0.717, 1.165) is 154 Å². The van der Waals surface area contributed by atoms with Gasteiger partial charge in [0.15, 0.2) is 6.10 Å². The van der Waals surface area contributed by atoms with Gasteiger partial charge in [-0.1, -0.05) is 267 Å². The van der Waals surface area contributed by atoms with Gasteiger partial charge < -0.3 is 34.2 Å². The molecule has 0 aromatic heterocycles. The lowest BCUT2D eigenvalue weighted by Crippen LogP contribution is -2.30. The summed E-state index contributed by atoms with van der Waals surface area (Å²) in [6, 6.07) is 0. The van der Waals surface area contributed by atoms with Crippen LogP contribution in [0.3, 0.4) is 0 Å². The average Bonchev–Trinajstić information content (AvgIpc) is 0.970. The molecule has 5 unspecified atom stereocenters. The Morgan fingerprint density at radius 2 is 0.525 bits per heavy atom. The van der Waals surface area contributed by atoms with E-state index in [9.17, 15) is 43.5 Å². The molecule has 572 valence electrons. The highest BCUT2D eigenvalue weighted by atomic mass is 31.2. The first-order valence-corrected chi connectivity index (χ1v) is 41.1. The molecule has 0 saturated heterocycles. The van der Waals surface area contributed by atoms with Crippen LogP contribution in [-0.2, 0) is 55.8 Å². The first-order valence-electron chi connectivity index (χ1n) is 38.1. The third kappa shape index (κ3) is 75.6. The maximum absolute atomic E-state index is 13.0. The van der Waals surface area contributed by atoms with Gasteiger partial charge >= 0.3 is 33.6 Å². The Balaban J connectivity index is 4.75. The Kier molecular flexibility index (Phi) is 70.4. The molecule has 0 rings (SSSR count). The van der Waals surface area contributed by atoms with Gasteiger partial charge in [-0.15, -0.1) is 0 Å². The Bertz CT molecular complexity index is 2570. The second-order valence-electron chi connectivity index (χ2n) is 24.7. The van der Waals surface area contributed by atoms with E-state index in [2.05, 4.69) is 203 Å². The molecule has 0 heterocycles. The number of hydrogen-bond donors (Lipinski definition) is 4. The smallest absolute Gasteiger partial charge is 0.463 e. The second-order valence-corrected chi connectivity index (χ2v) is 27.6. The van der Waals surface area contributed by atoms with Gasteiger partial charge in [-0.3, -0.25) is 32.5 Å². The normalized spacial score (nSPS) is 15.0. The fraction of sp³-hybridized carbons (Fsp3) is 0.602. The topological polar surface area (TPSA) is 231 Å². The van der Waals surface area contributed by atoms with Crippen molar-refractivity contribution in [2.75, 3.05) is 39.6 Å². The first kappa shape index (κ1) is 95.6. The molecule has 16 nitrogen and oxygen atoms in total. The summed E-state index contributed by atoms with van der Waals surface area (Å²) in [5, 5.41) is 20.6. The van der Waals surface area contributed by atoms with E-state index < -0.39 is 91.5 Å². The number of allylic oxidation sites excluding steroid dienone is 30. The van der Waals surface area contributed by atoms with E-state index in [0.29, 0.717) is 19.3 Å². The number of carbonyl (C=O) groups is 3. The van der Waals surface area contributed by atoms with Crippen LogP contribution in [0.15, 0.2) is 182 Å². The minimum absolute atomic E-state index is 0.0472. The molecular formula is C83H134O16P2. The number of aliphatic hydroxyl groups is 2. The van der Waals surface area contributed by atoms with Gasteiger partial charge in [-0.25, -0.2) is 9.13 Å². The molecule has 0 radical (unpaired) electrons. The molecule has 0 aliphatic heterocycles. The van der Waals surface area contributed by atoms with E-state index in [4.69, 9.17) is 32.3 Å². The highest BCUT2D eigenvalue weighted by molar-refractivity contribution is 7.47. The quantitative estimate of drug-likeness (QED) is 0.0146. The Morgan fingerprint density at radius 3 is 0.861 bits per heavy atom. The molecule has 0 aliphatic carbocycles. The van der Waals surface area contributed by atoms with E-state index in [1.54, 1.807) is 0 Å². The molecule has 101 heavy (non-hydrogen) atoms. The third-order valence-electron chi connectivity index (χ3n) is 15.1. The molecule has 4 N–H and O–H groups in total. The number of ether oxygens (including phenoxy) is 3. The van der Waals surface area contributed by atoms with Crippen LogP contribution in [0.2, 0.25) is 0 Å². The fourth-order valence-corrected chi connectivity index (χ4v) is 10.9. The maximum Gasteiger partial charge on any atom is 0.472 e. The molecule has 18 heteroatoms. The number of aliphatic hydroxyl groups excluding tert-OH is 2. The third-order valence-corrected chi connectivity index (χ3v) is 17.0. The van der Waals surface area contributed by atoms with Crippen molar-refractivity contribution < 1.29 is 75.8 Å². The van der Waals surface area contributed by atoms with Crippen LogP contribution < -0.4 is 0 Å². The van der Waals surface area contributed by atoms with Crippen molar-refractivity contribution >= 4 is 33.6 Å². The van der Waals surface area contributed by atoms with E-state index >= 15 is 0 Å². The summed E-state index contributed by atoms with van der Waals surface area (Å²) in [4.78, 5) is 58.6. The van der Waals surface area contributed by atoms with Crippen molar-refractivity contribution in [3.8, 4) is 0 Å². The molecule has 0 aromatic carbocycles. The Labute approximate surface area is 611 Å². The van der Waals surface area contributed by atoms with Crippen molar-refractivity contribution in [2.45, 2.75) is 283 Å². The highest BCUT2D eigenvalue weighted by Gasteiger charge is 2.29. The SMILES string of the molecule is CC/C=C\C/C=C\C/C=C\C/C=C\C/C=C\C/C=C\CCCCC(=O)OCC(COP(=O)(O)OCC(O)COP(=O)(O)OCC(O)COC(=O)CCCCCCCCCCC/C=C\C/C=C\C/C=C\C/C=C\CCCCC)OC(=O)CCCCC/C=C\C/C=C\C/C=C\C/C=C\C/C=C\CC. The summed E-state index contributed by atoms with van der Waals surface area (Å²) in [6.07, 6.45) is 95.1. The van der Waals surface area contributed by atoms with Crippen molar-refractivity contribution in [3.05, 3.63) is 182 Å². The number of rotatable bonds is 70. The van der Waals surface area contributed by atoms with Gasteiger partial charge in [0, 0.05) is 19.3 Å². The minimum Gasteiger partial charge on any atom is -0.463 e. The van der Waals surface area contributed by atoms with Gasteiger partial charge in [0.05, 0.1) is 26.4 Å². The van der Waals surface area contributed by atoms with Crippen LogP contribution in [0.4, 0.5) is 0 Å². The van der Waals surface area contributed by atoms with E-state index in [1.165, 1.54) is 51.4 Å². The number of phosphoric acid groups is 2. The molecular weight excluding hydrogens is 1310 g/mol. The van der Waals surface area contributed by atoms with Crippen molar-refractivity contribution in [1.82, 2.24) is 0 Å². The van der Waals surface area contributed by atoms with Gasteiger partial charge in [-0.05, 0) is 161 Å². The monoisotopic (exact) mass is 1450 g/mol. The molecule has 0 fully saturated rings. The van der Waals surface area contributed by atoms with Crippen LogP contribution in [0.25, 0.3) is 0 Å². The van der Waals surface area contributed by atoms with Crippen molar-refractivity contribution in [2.24, 2.45) is 0 Å². The largest absolute Gasteiger partial charge is 0.472 e. The number of phosphoric ester groups is 2. The zero-order valence-electron chi connectivity index (χ0n) is 62.2. The van der Waals surface area contributed by atoms with Gasteiger partial charge in [0.2, 0.25) is 0 Å². The van der Waals surface area contributed by atoms with Gasteiger partial charge in [0.25, 0.3) is 0 Å². The number of carbonyl (C=O) groups excluding carboxylic acids is 3. The summed E-state index contributed by atoms with van der Waals surface area (Å²) in [5.41, 5.74) is 0. The minimum atomic E-state index is -4.96. The predicted octanol–water partition coefficient (Wildman–Crippen LogP) is 22.2. The van der Waals surface area contributed by atoms with Crippen molar-refractivity contribution in [3.63, 3.8) is 0 Å². The average molecular weight is 1450 g/mol. The molecule has 0 spiro atoms. The fourth-order valence-electron chi connectivity index (χ4n) is 9.35. The molecule has 0 aliphatic rings. The summed E-state index contributed by atoms with van der Waals surface area (Å²) in [5.74, 6) is -1.68. The second kappa shape index (κ2) is 74.4. The Morgan fingerprint density at radius 1 is 0.287 bits per heavy atom.